The van der Waals surface area contributed by atoms with Gasteiger partial charge in [0.2, 0.25) is 0 Å². The maximum absolute atomic E-state index is 11.3. The van der Waals surface area contributed by atoms with Gasteiger partial charge in [-0.2, -0.15) is 0 Å². The molecule has 0 aromatic carbocycles. The van der Waals surface area contributed by atoms with Gasteiger partial charge in [0.1, 0.15) is 0 Å². The Morgan fingerprint density at radius 2 is 2.21 bits per heavy atom. The van der Waals surface area contributed by atoms with E-state index in [4.69, 9.17) is 4.74 Å². The van der Waals surface area contributed by atoms with Gasteiger partial charge >= 0.3 is 5.97 Å². The Morgan fingerprint density at radius 3 is 2.86 bits per heavy atom. The van der Waals surface area contributed by atoms with Crippen molar-refractivity contribution in [3.05, 3.63) is 0 Å². The topological polar surface area (TPSA) is 66.8 Å². The molecule has 4 nitrogen and oxygen atoms in total. The standard InChI is InChI=1S/C10H16O4/c1-5-6-3-8(11)10(2,13)7(6)4-14-9(5)12/h5-8,11,13H,3-4H2,1-2H3/t5-,6+,7-,8-,10-/m0/s1. The lowest BCUT2D eigenvalue weighted by Gasteiger charge is -2.35. The van der Waals surface area contributed by atoms with Gasteiger partial charge in [-0.1, -0.05) is 6.92 Å². The fraction of sp³-hybridized carbons (Fsp3) is 0.900. The summed E-state index contributed by atoms with van der Waals surface area (Å²) < 4.78 is 4.98. The van der Waals surface area contributed by atoms with Crippen molar-refractivity contribution in [3.8, 4) is 0 Å². The Balaban J connectivity index is 2.25. The number of hydrogen-bond acceptors (Lipinski definition) is 4. The molecule has 1 aliphatic carbocycles. The van der Waals surface area contributed by atoms with Crippen LogP contribution in [0.15, 0.2) is 0 Å². The van der Waals surface area contributed by atoms with Crippen LogP contribution in [0.1, 0.15) is 20.3 Å². The summed E-state index contributed by atoms with van der Waals surface area (Å²) in [4.78, 5) is 11.3. The molecule has 2 fully saturated rings. The number of carbonyl (C=O) groups excluding carboxylic acids is 1. The van der Waals surface area contributed by atoms with Crippen LogP contribution in [0.3, 0.4) is 0 Å². The van der Waals surface area contributed by atoms with Crippen LogP contribution in [0, 0.1) is 17.8 Å². The minimum Gasteiger partial charge on any atom is -0.465 e. The summed E-state index contributed by atoms with van der Waals surface area (Å²) in [6, 6.07) is 0. The summed E-state index contributed by atoms with van der Waals surface area (Å²) >= 11 is 0. The van der Waals surface area contributed by atoms with Gasteiger partial charge < -0.3 is 14.9 Å². The van der Waals surface area contributed by atoms with Crippen LogP contribution in [0.25, 0.3) is 0 Å². The molecule has 2 rings (SSSR count). The van der Waals surface area contributed by atoms with E-state index in [0.29, 0.717) is 6.42 Å². The summed E-state index contributed by atoms with van der Waals surface area (Å²) in [7, 11) is 0. The van der Waals surface area contributed by atoms with Gasteiger partial charge in [-0.15, -0.1) is 0 Å². The van der Waals surface area contributed by atoms with Crippen LogP contribution in [0.4, 0.5) is 0 Å². The van der Waals surface area contributed by atoms with Crippen LogP contribution in [-0.2, 0) is 9.53 Å². The number of carbonyl (C=O) groups is 1. The number of aliphatic hydroxyl groups is 2. The summed E-state index contributed by atoms with van der Waals surface area (Å²) in [5.74, 6) is -0.486. The first-order chi connectivity index (χ1) is 6.44. The molecule has 14 heavy (non-hydrogen) atoms. The van der Waals surface area contributed by atoms with E-state index < -0.39 is 11.7 Å². The van der Waals surface area contributed by atoms with Crippen molar-refractivity contribution >= 4 is 5.97 Å². The molecule has 1 heterocycles. The third-order valence-electron chi connectivity index (χ3n) is 3.86. The number of fused-ring (bicyclic) bond motifs is 1. The molecule has 0 amide bonds. The number of rotatable bonds is 0. The van der Waals surface area contributed by atoms with E-state index in [1.54, 1.807) is 13.8 Å². The Kier molecular flexibility index (Phi) is 2.08. The molecule has 1 saturated carbocycles. The fourth-order valence-electron chi connectivity index (χ4n) is 2.66. The van der Waals surface area contributed by atoms with E-state index in [2.05, 4.69) is 0 Å². The highest BCUT2D eigenvalue weighted by molar-refractivity contribution is 5.73. The lowest BCUT2D eigenvalue weighted by Crippen LogP contribution is -2.46. The van der Waals surface area contributed by atoms with Crippen LogP contribution < -0.4 is 0 Å². The zero-order valence-electron chi connectivity index (χ0n) is 8.43. The second-order valence-corrected chi connectivity index (χ2v) is 4.67. The van der Waals surface area contributed by atoms with Gasteiger partial charge in [0, 0.05) is 5.92 Å². The van der Waals surface area contributed by atoms with E-state index in [0.717, 1.165) is 0 Å². The Hall–Kier alpha value is -0.610. The third kappa shape index (κ3) is 1.17. The van der Waals surface area contributed by atoms with Gasteiger partial charge in [0.15, 0.2) is 0 Å². The first-order valence-electron chi connectivity index (χ1n) is 5.01. The first kappa shape index (κ1) is 9.93. The molecule has 2 N–H and O–H groups in total. The number of cyclic esters (lactones) is 1. The van der Waals surface area contributed by atoms with Crippen molar-refractivity contribution in [1.29, 1.82) is 0 Å². The molecule has 4 heteroatoms. The summed E-state index contributed by atoms with van der Waals surface area (Å²) in [6.45, 7) is 3.65. The SMILES string of the molecule is C[C@@H]1C(=O)OC[C@H]2[C@@H]1C[C@H](O)[C@@]2(C)O. The third-order valence-corrected chi connectivity index (χ3v) is 3.86. The summed E-state index contributed by atoms with van der Waals surface area (Å²) in [6.07, 6.45) is -0.247. The van der Waals surface area contributed by atoms with Gasteiger partial charge in [-0.3, -0.25) is 4.79 Å². The van der Waals surface area contributed by atoms with E-state index in [-0.39, 0.29) is 30.3 Å². The molecule has 0 unspecified atom stereocenters. The Labute approximate surface area is 82.9 Å². The Bertz CT molecular complexity index is 261. The minimum absolute atomic E-state index is 0.0567. The van der Waals surface area contributed by atoms with E-state index >= 15 is 0 Å². The maximum Gasteiger partial charge on any atom is 0.308 e. The van der Waals surface area contributed by atoms with Crippen molar-refractivity contribution in [2.24, 2.45) is 17.8 Å². The zero-order chi connectivity index (χ0) is 10.5. The van der Waals surface area contributed by atoms with Crippen LogP contribution in [-0.4, -0.2) is 34.5 Å². The molecule has 1 saturated heterocycles. The average Bonchev–Trinajstić information content (AvgIpc) is 2.33. The highest BCUT2D eigenvalue weighted by Crippen LogP contribution is 2.46. The largest absolute Gasteiger partial charge is 0.465 e. The van der Waals surface area contributed by atoms with Crippen LogP contribution in [0.5, 0.6) is 0 Å². The second kappa shape index (κ2) is 2.94. The van der Waals surface area contributed by atoms with Crippen LogP contribution in [0.2, 0.25) is 0 Å². The fourth-order valence-corrected chi connectivity index (χ4v) is 2.66. The van der Waals surface area contributed by atoms with Crippen molar-refractivity contribution in [2.75, 3.05) is 6.61 Å². The molecule has 0 bridgehead atoms. The molecule has 0 aromatic rings. The molecule has 5 atom stereocenters. The van der Waals surface area contributed by atoms with Gasteiger partial charge in [0.05, 0.1) is 24.2 Å². The normalized spacial score (nSPS) is 52.7. The quantitative estimate of drug-likeness (QED) is 0.537. The smallest absolute Gasteiger partial charge is 0.308 e. The lowest BCUT2D eigenvalue weighted by atomic mass is 9.79. The van der Waals surface area contributed by atoms with Crippen molar-refractivity contribution in [3.63, 3.8) is 0 Å². The van der Waals surface area contributed by atoms with E-state index in [1.807, 2.05) is 0 Å². The van der Waals surface area contributed by atoms with Crippen molar-refractivity contribution in [2.45, 2.75) is 32.0 Å². The molecular weight excluding hydrogens is 184 g/mol. The highest BCUT2D eigenvalue weighted by atomic mass is 16.5. The molecule has 0 radical (unpaired) electrons. The monoisotopic (exact) mass is 200 g/mol. The van der Waals surface area contributed by atoms with E-state index in [9.17, 15) is 15.0 Å². The predicted molar refractivity (Wildman–Crippen MR) is 48.4 cm³/mol. The van der Waals surface area contributed by atoms with Gasteiger partial charge in [-0.25, -0.2) is 0 Å². The first-order valence-corrected chi connectivity index (χ1v) is 5.01. The summed E-state index contributed by atoms with van der Waals surface area (Å²) in [5.41, 5.74) is -1.11. The maximum atomic E-state index is 11.3. The molecule has 80 valence electrons. The predicted octanol–water partition coefficient (Wildman–Crippen LogP) is -0.0727. The zero-order valence-corrected chi connectivity index (χ0v) is 8.43. The molecule has 0 spiro atoms. The highest BCUT2D eigenvalue weighted by Gasteiger charge is 2.55. The number of aliphatic hydroxyl groups excluding tert-OH is 1. The lowest BCUT2D eigenvalue weighted by molar-refractivity contribution is -0.166. The van der Waals surface area contributed by atoms with Gasteiger partial charge in [-0.05, 0) is 19.3 Å². The number of hydrogen-bond donors (Lipinski definition) is 2. The van der Waals surface area contributed by atoms with Crippen molar-refractivity contribution < 1.29 is 19.7 Å². The number of ether oxygens (including phenoxy) is 1. The van der Waals surface area contributed by atoms with Gasteiger partial charge in [0.25, 0.3) is 0 Å². The Morgan fingerprint density at radius 1 is 1.57 bits per heavy atom. The molecular formula is C10H16O4. The second-order valence-electron chi connectivity index (χ2n) is 4.67. The molecule has 2 aliphatic rings. The van der Waals surface area contributed by atoms with Crippen molar-refractivity contribution in [1.82, 2.24) is 0 Å². The molecule has 0 aromatic heterocycles. The molecule has 1 aliphatic heterocycles. The summed E-state index contributed by atoms with van der Waals surface area (Å²) in [5, 5.41) is 19.7. The number of esters is 1. The van der Waals surface area contributed by atoms with E-state index in [1.165, 1.54) is 0 Å². The van der Waals surface area contributed by atoms with Crippen LogP contribution >= 0.6 is 0 Å². The average molecular weight is 200 g/mol. The minimum atomic E-state index is -1.11.